The molecule has 2 N–H and O–H groups in total. The smallest absolute Gasteiger partial charge is 0.204 e. The Balaban J connectivity index is 1.42. The number of hydrogen-bond donors (Lipinski definition) is 2. The maximum Gasteiger partial charge on any atom is 0.204 e. The lowest BCUT2D eigenvalue weighted by Crippen LogP contribution is -2.40. The molecule has 0 aliphatic carbocycles. The van der Waals surface area contributed by atoms with Crippen molar-refractivity contribution in [2.75, 3.05) is 25.0 Å². The Hall–Kier alpha value is -3.38. The van der Waals surface area contributed by atoms with Crippen LogP contribution in [0.15, 0.2) is 72.8 Å². The third-order valence-electron chi connectivity index (χ3n) is 5.76. The third-order valence-corrected chi connectivity index (χ3v) is 5.76. The summed E-state index contributed by atoms with van der Waals surface area (Å²) in [5.74, 6) is -0.0167. The number of hydrogen-bond acceptors (Lipinski definition) is 4. The molecule has 1 fully saturated rings. The highest BCUT2D eigenvalue weighted by molar-refractivity contribution is 5.78. The first-order chi connectivity index (χ1) is 18.0. The van der Waals surface area contributed by atoms with Gasteiger partial charge in [-0.1, -0.05) is 36.4 Å². The van der Waals surface area contributed by atoms with Gasteiger partial charge >= 0.3 is 0 Å². The van der Waals surface area contributed by atoms with Crippen LogP contribution in [0.4, 0.5) is 10.3 Å². The molecule has 6 heteroatoms. The molecule has 0 unspecified atom stereocenters. The molecule has 5 rings (SSSR count). The Morgan fingerprint density at radius 2 is 1.70 bits per heavy atom. The van der Waals surface area contributed by atoms with Gasteiger partial charge in [0.05, 0.1) is 18.9 Å². The Bertz CT molecular complexity index is 1410. The molecule has 0 saturated carbocycles. The molecule has 1 saturated heterocycles. The van der Waals surface area contributed by atoms with Gasteiger partial charge in [0.2, 0.25) is 5.95 Å². The number of nitrogens with one attached hydrogen (secondary N) is 1. The number of aromatic hydroxyl groups is 1. The molecule has 4 aromatic rings. The van der Waals surface area contributed by atoms with E-state index in [0.717, 1.165) is 16.6 Å². The lowest BCUT2D eigenvalue weighted by molar-refractivity contribution is 0.221. The fraction of sp³-hybridized carbons (Fsp3) is 0.296. The molecule has 0 amide bonds. The van der Waals surface area contributed by atoms with E-state index < -0.39 is 18.8 Å². The first kappa shape index (κ1) is 16.3. The predicted molar refractivity (Wildman–Crippen MR) is 130 cm³/mol. The summed E-state index contributed by atoms with van der Waals surface area (Å²) in [6.45, 7) is 0.408. The van der Waals surface area contributed by atoms with E-state index in [9.17, 15) is 9.50 Å². The molecule has 1 aromatic heterocycles. The topological polar surface area (TPSA) is 53.3 Å². The van der Waals surface area contributed by atoms with Gasteiger partial charge in [-0.05, 0) is 66.7 Å². The Morgan fingerprint density at radius 3 is 2.45 bits per heavy atom. The molecule has 170 valence electrons. The van der Waals surface area contributed by atoms with E-state index in [-0.39, 0.29) is 37.1 Å². The monoisotopic (exact) mass is 449 g/mol. The molecule has 2 heterocycles. The number of para-hydroxylation sites is 2. The molecule has 1 aliphatic rings. The number of halogens is 1. The second kappa shape index (κ2) is 9.63. The Kier molecular flexibility index (Phi) is 4.75. The van der Waals surface area contributed by atoms with Crippen molar-refractivity contribution in [1.82, 2.24) is 14.5 Å². The van der Waals surface area contributed by atoms with Gasteiger partial charge < -0.3 is 19.9 Å². The number of anilines is 1. The van der Waals surface area contributed by atoms with Crippen LogP contribution in [-0.4, -0.2) is 45.2 Å². The fourth-order valence-corrected chi connectivity index (χ4v) is 3.91. The van der Waals surface area contributed by atoms with E-state index >= 15 is 0 Å². The van der Waals surface area contributed by atoms with Crippen molar-refractivity contribution in [2.45, 2.75) is 31.7 Å². The number of aromatic nitrogens is 2. The number of imidazole rings is 1. The summed E-state index contributed by atoms with van der Waals surface area (Å²) in [4.78, 5) is 6.29. The van der Waals surface area contributed by atoms with Crippen molar-refractivity contribution in [1.29, 1.82) is 0 Å². The Morgan fingerprint density at radius 1 is 1.00 bits per heavy atom. The maximum atomic E-state index is 13.5. The van der Waals surface area contributed by atoms with Gasteiger partial charge in [0.15, 0.2) is 0 Å². The number of phenolic OH excluding ortho intramolecular Hbond substituents is 1. The standard InChI is InChI=1S/C27H29FN4O/c28-22-9-5-21(6-10-22)19-32-26-4-2-1-3-25(26)30-27(32)29-23-14-17-31(18-15-23)16-13-20-7-11-24(33)12-8-20/h1-12,23,33H,13-19H2,(H,29,30)/i14D2,15D2,23D. The minimum Gasteiger partial charge on any atom is -0.508 e. The van der Waals surface area contributed by atoms with Gasteiger partial charge in [-0.2, -0.15) is 0 Å². The number of nitrogens with zero attached hydrogens (tertiary/aromatic N) is 3. The van der Waals surface area contributed by atoms with Crippen molar-refractivity contribution in [3.63, 3.8) is 0 Å². The molecule has 0 spiro atoms. The zero-order chi connectivity index (χ0) is 27.1. The summed E-state index contributed by atoms with van der Waals surface area (Å²) >= 11 is 0. The largest absolute Gasteiger partial charge is 0.508 e. The van der Waals surface area contributed by atoms with Gasteiger partial charge in [-0.3, -0.25) is 0 Å². The maximum absolute atomic E-state index is 13.5. The van der Waals surface area contributed by atoms with Crippen LogP contribution in [0.2, 0.25) is 0 Å². The summed E-state index contributed by atoms with van der Waals surface area (Å²) in [6, 6.07) is 17.7. The van der Waals surface area contributed by atoms with E-state index in [1.165, 1.54) is 12.1 Å². The lowest BCUT2D eigenvalue weighted by atomic mass is 10.0. The van der Waals surface area contributed by atoms with E-state index in [0.29, 0.717) is 18.5 Å². The van der Waals surface area contributed by atoms with Gasteiger partial charge in [0.25, 0.3) is 0 Å². The van der Waals surface area contributed by atoms with Crippen LogP contribution < -0.4 is 5.32 Å². The van der Waals surface area contributed by atoms with E-state index in [1.54, 1.807) is 51.9 Å². The number of fused-ring (bicyclic) bond motifs is 1. The van der Waals surface area contributed by atoms with E-state index in [2.05, 4.69) is 10.3 Å². The third kappa shape index (κ3) is 5.17. The summed E-state index contributed by atoms with van der Waals surface area (Å²) in [7, 11) is 0. The number of benzene rings is 3. The van der Waals surface area contributed by atoms with Crippen molar-refractivity contribution >= 4 is 17.0 Å². The number of rotatable bonds is 7. The molecule has 5 nitrogen and oxygen atoms in total. The van der Waals surface area contributed by atoms with E-state index in [4.69, 9.17) is 6.85 Å². The molecule has 33 heavy (non-hydrogen) atoms. The van der Waals surface area contributed by atoms with Gasteiger partial charge in [0, 0.05) is 31.1 Å². The van der Waals surface area contributed by atoms with Crippen LogP contribution in [0.25, 0.3) is 11.0 Å². The quantitative estimate of drug-likeness (QED) is 0.415. The molecular weight excluding hydrogens is 415 g/mol. The molecule has 0 bridgehead atoms. The fourth-order valence-electron chi connectivity index (χ4n) is 3.91. The molecule has 1 aliphatic heterocycles. The average Bonchev–Trinajstić information content (AvgIpc) is 3.20. The van der Waals surface area contributed by atoms with Crippen molar-refractivity contribution in [3.8, 4) is 5.75 Å². The predicted octanol–water partition coefficient (Wildman–Crippen LogP) is 5.05. The number of likely N-dealkylation sites (tertiary alicyclic amines) is 1. The van der Waals surface area contributed by atoms with Crippen LogP contribution in [0.1, 0.15) is 30.7 Å². The highest BCUT2D eigenvalue weighted by Gasteiger charge is 2.21. The molecule has 0 atom stereocenters. The van der Waals surface area contributed by atoms with Crippen LogP contribution in [-0.2, 0) is 13.0 Å². The first-order valence-electron chi connectivity index (χ1n) is 13.5. The van der Waals surface area contributed by atoms with Crippen LogP contribution in [0, 0.1) is 5.82 Å². The van der Waals surface area contributed by atoms with Gasteiger partial charge in [0.1, 0.15) is 11.6 Å². The normalized spacial score (nSPS) is 21.4. The molecule has 0 radical (unpaired) electrons. The summed E-state index contributed by atoms with van der Waals surface area (Å²) in [5.41, 5.74) is 3.08. The average molecular weight is 450 g/mol. The minimum atomic E-state index is -2.34. The van der Waals surface area contributed by atoms with Crippen LogP contribution in [0.3, 0.4) is 0 Å². The van der Waals surface area contributed by atoms with Crippen molar-refractivity contribution < 1.29 is 16.4 Å². The number of phenols is 1. The second-order valence-corrected chi connectivity index (χ2v) is 8.12. The van der Waals surface area contributed by atoms with Gasteiger partial charge in [-0.25, -0.2) is 9.37 Å². The van der Waals surface area contributed by atoms with Crippen molar-refractivity contribution in [2.24, 2.45) is 0 Å². The van der Waals surface area contributed by atoms with Gasteiger partial charge in [-0.15, -0.1) is 0 Å². The SMILES string of the molecule is [2H]C1([2H])CN(CCc2ccc(O)cc2)CC([2H])([2H])C1([2H])Nc1nc2ccccc2n1Cc1ccc(F)cc1. The minimum absolute atomic E-state index is 0.140. The van der Waals surface area contributed by atoms with Crippen molar-refractivity contribution in [3.05, 3.63) is 89.7 Å². The molecular formula is C27H29FN4O. The van der Waals surface area contributed by atoms with Crippen LogP contribution in [0.5, 0.6) is 5.75 Å². The zero-order valence-corrected chi connectivity index (χ0v) is 18.1. The molecule has 3 aromatic carbocycles. The highest BCUT2D eigenvalue weighted by atomic mass is 19.1. The second-order valence-electron chi connectivity index (χ2n) is 8.12. The summed E-state index contributed by atoms with van der Waals surface area (Å²) in [5, 5.41) is 12.4. The number of piperidine rings is 1. The van der Waals surface area contributed by atoms with E-state index in [1.807, 2.05) is 18.2 Å². The van der Waals surface area contributed by atoms with Crippen LogP contribution >= 0.6 is 0 Å². The zero-order valence-electron chi connectivity index (χ0n) is 23.1. The summed E-state index contributed by atoms with van der Waals surface area (Å²) in [6.07, 6.45) is -4.00. The lowest BCUT2D eigenvalue weighted by Gasteiger charge is -2.32. The highest BCUT2D eigenvalue weighted by Crippen LogP contribution is 2.24. The Labute approximate surface area is 200 Å². The first-order valence-corrected chi connectivity index (χ1v) is 11.0. The summed E-state index contributed by atoms with van der Waals surface area (Å²) < 4.78 is 59.6.